The van der Waals surface area contributed by atoms with E-state index in [0.717, 1.165) is 23.1 Å². The minimum absolute atomic E-state index is 0.0111. The van der Waals surface area contributed by atoms with E-state index in [1.165, 1.54) is 0 Å². The quantitative estimate of drug-likeness (QED) is 0.255. The minimum atomic E-state index is -1.15. The number of rotatable bonds is 7. The summed E-state index contributed by atoms with van der Waals surface area (Å²) in [5.41, 5.74) is 10.3. The number of benzene rings is 1. The van der Waals surface area contributed by atoms with Crippen molar-refractivity contribution in [3.05, 3.63) is 29.8 Å². The second kappa shape index (κ2) is 7.91. The summed E-state index contributed by atoms with van der Waals surface area (Å²) in [6, 6.07) is 0.913. The maximum absolute atomic E-state index is 13.3. The van der Waals surface area contributed by atoms with Crippen molar-refractivity contribution >= 4 is 24.0 Å². The number of carbonyl (C=O) groups is 2. The van der Waals surface area contributed by atoms with E-state index in [1.807, 2.05) is 0 Å². The van der Waals surface area contributed by atoms with E-state index in [9.17, 15) is 18.4 Å². The fourth-order valence-electron chi connectivity index (χ4n) is 1.91. The van der Waals surface area contributed by atoms with Gasteiger partial charge < -0.3 is 21.6 Å². The first-order chi connectivity index (χ1) is 10.4. The first-order valence-corrected chi connectivity index (χ1v) is 6.43. The van der Waals surface area contributed by atoms with Crippen molar-refractivity contribution in [3.63, 3.8) is 0 Å². The molecule has 0 aliphatic carbocycles. The number of carbonyl (C=O) groups excluding carboxylic acids is 2. The first-order valence-electron chi connectivity index (χ1n) is 6.43. The summed E-state index contributed by atoms with van der Waals surface area (Å²) >= 11 is 0. The standard InChI is InChI=1S/C13H17F2N5O2/c14-10-4-3-8(6-11(10)15)20(13(18)22)9(7-21)2-1-5-19-12(16)17/h3-4,6-7,9H,1-2,5H2,(H2,18,22)(H4,16,17,19). The fraction of sp³-hybridized carbons (Fsp3) is 0.308. The van der Waals surface area contributed by atoms with Crippen LogP contribution >= 0.6 is 0 Å². The average Bonchev–Trinajstić information content (AvgIpc) is 2.44. The van der Waals surface area contributed by atoms with Gasteiger partial charge in [-0.25, -0.2) is 13.6 Å². The molecule has 1 unspecified atom stereocenters. The molecule has 0 fully saturated rings. The second-order valence-electron chi connectivity index (χ2n) is 4.49. The molecule has 1 atom stereocenters. The number of hydrogen-bond acceptors (Lipinski definition) is 3. The van der Waals surface area contributed by atoms with E-state index >= 15 is 0 Å². The highest BCUT2D eigenvalue weighted by Crippen LogP contribution is 2.21. The smallest absolute Gasteiger partial charge is 0.319 e. The van der Waals surface area contributed by atoms with Gasteiger partial charge in [0, 0.05) is 18.3 Å². The van der Waals surface area contributed by atoms with Gasteiger partial charge in [-0.1, -0.05) is 0 Å². The van der Waals surface area contributed by atoms with Gasteiger partial charge in [0.25, 0.3) is 0 Å². The predicted molar refractivity (Wildman–Crippen MR) is 77.4 cm³/mol. The molecule has 0 radical (unpaired) electrons. The van der Waals surface area contributed by atoms with Gasteiger partial charge >= 0.3 is 6.03 Å². The van der Waals surface area contributed by atoms with Gasteiger partial charge in [-0.15, -0.1) is 0 Å². The zero-order chi connectivity index (χ0) is 16.7. The molecular weight excluding hydrogens is 296 g/mol. The number of nitrogens with two attached hydrogens (primary N) is 2. The Kier molecular flexibility index (Phi) is 6.24. The lowest BCUT2D eigenvalue weighted by Crippen LogP contribution is -2.45. The fourth-order valence-corrected chi connectivity index (χ4v) is 1.91. The number of aldehydes is 1. The SMILES string of the molecule is N=C(N)NCCCC(C=O)N(C(N)=O)c1ccc(F)c(F)c1. The molecule has 0 spiro atoms. The lowest BCUT2D eigenvalue weighted by Gasteiger charge is -2.26. The molecule has 0 aliphatic heterocycles. The van der Waals surface area contributed by atoms with Crippen LogP contribution in [0.15, 0.2) is 18.2 Å². The molecule has 0 aromatic heterocycles. The Labute approximate surface area is 125 Å². The number of halogens is 2. The molecule has 9 heteroatoms. The molecule has 1 rings (SSSR count). The van der Waals surface area contributed by atoms with Gasteiger partial charge in [-0.2, -0.15) is 0 Å². The zero-order valence-electron chi connectivity index (χ0n) is 11.7. The average molecular weight is 313 g/mol. The molecule has 1 aromatic carbocycles. The molecule has 120 valence electrons. The maximum Gasteiger partial charge on any atom is 0.319 e. The summed E-state index contributed by atoms with van der Waals surface area (Å²) in [5, 5.41) is 9.54. The van der Waals surface area contributed by atoms with Crippen LogP contribution in [-0.4, -0.2) is 30.9 Å². The number of primary amides is 1. The summed E-state index contributed by atoms with van der Waals surface area (Å²) < 4.78 is 26.2. The monoisotopic (exact) mass is 313 g/mol. The van der Waals surface area contributed by atoms with E-state index in [2.05, 4.69) is 5.32 Å². The Hall–Kier alpha value is -2.71. The molecule has 0 aliphatic rings. The summed E-state index contributed by atoms with van der Waals surface area (Å²) in [6.45, 7) is 0.323. The van der Waals surface area contributed by atoms with E-state index in [4.69, 9.17) is 16.9 Å². The van der Waals surface area contributed by atoms with Gasteiger partial charge in [0.05, 0.1) is 6.04 Å². The second-order valence-corrected chi connectivity index (χ2v) is 4.49. The first kappa shape index (κ1) is 17.3. The van der Waals surface area contributed by atoms with E-state index in [1.54, 1.807) is 0 Å². The Morgan fingerprint density at radius 1 is 1.36 bits per heavy atom. The third kappa shape index (κ3) is 4.69. The normalized spacial score (nSPS) is 11.5. The number of urea groups is 1. The largest absolute Gasteiger partial charge is 0.370 e. The molecule has 0 saturated heterocycles. The van der Waals surface area contributed by atoms with Gasteiger partial charge in [0.15, 0.2) is 17.6 Å². The van der Waals surface area contributed by atoms with Crippen LogP contribution in [0.5, 0.6) is 0 Å². The molecule has 7 nitrogen and oxygen atoms in total. The molecule has 22 heavy (non-hydrogen) atoms. The molecule has 0 saturated carbocycles. The Balaban J connectivity index is 2.86. The van der Waals surface area contributed by atoms with Gasteiger partial charge in [-0.05, 0) is 25.0 Å². The topological polar surface area (TPSA) is 125 Å². The number of amides is 2. The highest BCUT2D eigenvalue weighted by Gasteiger charge is 2.23. The number of nitrogens with zero attached hydrogens (tertiary/aromatic N) is 1. The van der Waals surface area contributed by atoms with Crippen LogP contribution in [0.2, 0.25) is 0 Å². The van der Waals surface area contributed by atoms with Crippen molar-refractivity contribution in [2.45, 2.75) is 18.9 Å². The van der Waals surface area contributed by atoms with Crippen molar-refractivity contribution in [2.24, 2.45) is 11.5 Å². The van der Waals surface area contributed by atoms with Crippen LogP contribution in [-0.2, 0) is 4.79 Å². The zero-order valence-corrected chi connectivity index (χ0v) is 11.7. The van der Waals surface area contributed by atoms with E-state index in [-0.39, 0.29) is 18.1 Å². The van der Waals surface area contributed by atoms with Crippen molar-refractivity contribution < 1.29 is 18.4 Å². The van der Waals surface area contributed by atoms with Crippen LogP contribution in [0.1, 0.15) is 12.8 Å². The number of hydrogen-bond donors (Lipinski definition) is 4. The van der Waals surface area contributed by atoms with Crippen LogP contribution in [0.3, 0.4) is 0 Å². The number of anilines is 1. The third-order valence-electron chi connectivity index (χ3n) is 2.90. The molecule has 6 N–H and O–H groups in total. The Bertz CT molecular complexity index is 567. The van der Waals surface area contributed by atoms with Gasteiger partial charge in [0.2, 0.25) is 0 Å². The van der Waals surface area contributed by atoms with Crippen molar-refractivity contribution in [3.8, 4) is 0 Å². The summed E-state index contributed by atoms with van der Waals surface area (Å²) in [7, 11) is 0. The van der Waals surface area contributed by atoms with Crippen LogP contribution in [0, 0.1) is 17.0 Å². The number of guanidine groups is 1. The van der Waals surface area contributed by atoms with Crippen molar-refractivity contribution in [1.82, 2.24) is 5.32 Å². The minimum Gasteiger partial charge on any atom is -0.370 e. The summed E-state index contributed by atoms with van der Waals surface area (Å²) in [5.74, 6) is -2.43. The van der Waals surface area contributed by atoms with Crippen molar-refractivity contribution in [2.75, 3.05) is 11.4 Å². The van der Waals surface area contributed by atoms with E-state index < -0.39 is 23.7 Å². The van der Waals surface area contributed by atoms with Crippen LogP contribution in [0.4, 0.5) is 19.3 Å². The molecule has 0 heterocycles. The highest BCUT2D eigenvalue weighted by molar-refractivity contribution is 5.94. The highest BCUT2D eigenvalue weighted by atomic mass is 19.2. The van der Waals surface area contributed by atoms with Gasteiger partial charge in [-0.3, -0.25) is 10.3 Å². The van der Waals surface area contributed by atoms with Crippen LogP contribution in [0.25, 0.3) is 0 Å². The van der Waals surface area contributed by atoms with Crippen molar-refractivity contribution in [1.29, 1.82) is 5.41 Å². The lowest BCUT2D eigenvalue weighted by atomic mass is 10.1. The predicted octanol–water partition coefficient (Wildman–Crippen LogP) is 0.681. The lowest BCUT2D eigenvalue weighted by molar-refractivity contribution is -0.109. The van der Waals surface area contributed by atoms with Crippen LogP contribution < -0.4 is 21.7 Å². The summed E-state index contributed by atoms with van der Waals surface area (Å²) in [4.78, 5) is 23.6. The Morgan fingerprint density at radius 3 is 2.55 bits per heavy atom. The molecule has 1 aromatic rings. The Morgan fingerprint density at radius 2 is 2.05 bits per heavy atom. The summed E-state index contributed by atoms with van der Waals surface area (Å²) in [6.07, 6.45) is 1.13. The maximum atomic E-state index is 13.3. The molecule has 0 bridgehead atoms. The third-order valence-corrected chi connectivity index (χ3v) is 2.90. The molecular formula is C13H17F2N5O2. The van der Waals surface area contributed by atoms with E-state index in [0.29, 0.717) is 19.3 Å². The van der Waals surface area contributed by atoms with Gasteiger partial charge in [0.1, 0.15) is 6.29 Å². The molecule has 2 amide bonds. The number of nitrogens with one attached hydrogen (secondary N) is 2.